The fraction of sp³-hybridized carbons (Fsp3) is 0.316. The molecule has 0 unspecified atom stereocenters. The van der Waals surface area contributed by atoms with Gasteiger partial charge in [-0.15, -0.1) is 0 Å². The Morgan fingerprint density at radius 3 is 2.79 bits per heavy atom. The molecule has 124 valence electrons. The summed E-state index contributed by atoms with van der Waals surface area (Å²) in [6.07, 6.45) is 3.99. The SMILES string of the molecule is CSCC[C@@H]1Oc2ccccc2[C@H]2CC(c3ccc(Cl)cc3)=NN12. The largest absolute Gasteiger partial charge is 0.469 e. The van der Waals surface area contributed by atoms with Crippen molar-refractivity contribution in [3.05, 3.63) is 64.7 Å². The van der Waals surface area contributed by atoms with Gasteiger partial charge in [-0.1, -0.05) is 41.9 Å². The van der Waals surface area contributed by atoms with Crippen molar-refractivity contribution in [1.82, 2.24) is 5.01 Å². The van der Waals surface area contributed by atoms with E-state index in [9.17, 15) is 0 Å². The Labute approximate surface area is 151 Å². The molecule has 0 aliphatic carbocycles. The Morgan fingerprint density at radius 2 is 2.00 bits per heavy atom. The van der Waals surface area contributed by atoms with Crippen LogP contribution < -0.4 is 4.74 Å². The number of hydrazone groups is 1. The van der Waals surface area contributed by atoms with Crippen molar-refractivity contribution in [3.8, 4) is 5.75 Å². The molecule has 0 spiro atoms. The summed E-state index contributed by atoms with van der Waals surface area (Å²) < 4.78 is 6.24. The molecule has 0 N–H and O–H groups in total. The van der Waals surface area contributed by atoms with Crippen LogP contribution in [0.4, 0.5) is 0 Å². The summed E-state index contributed by atoms with van der Waals surface area (Å²) in [5, 5.41) is 7.82. The van der Waals surface area contributed by atoms with Gasteiger partial charge < -0.3 is 4.74 Å². The second-order valence-electron chi connectivity index (χ2n) is 6.05. The van der Waals surface area contributed by atoms with E-state index in [1.807, 2.05) is 42.1 Å². The van der Waals surface area contributed by atoms with Gasteiger partial charge in [0, 0.05) is 23.4 Å². The number of ether oxygens (including phenoxy) is 1. The molecule has 2 aliphatic heterocycles. The third kappa shape index (κ3) is 2.89. The molecular formula is C19H19ClN2OS. The Morgan fingerprint density at radius 1 is 1.21 bits per heavy atom. The first-order chi connectivity index (χ1) is 11.8. The number of halogens is 1. The van der Waals surface area contributed by atoms with Crippen molar-refractivity contribution in [2.75, 3.05) is 12.0 Å². The van der Waals surface area contributed by atoms with Crippen LogP contribution in [0.1, 0.15) is 30.0 Å². The van der Waals surface area contributed by atoms with Crippen molar-refractivity contribution in [2.24, 2.45) is 5.10 Å². The van der Waals surface area contributed by atoms with Gasteiger partial charge in [0.25, 0.3) is 0 Å². The zero-order valence-electron chi connectivity index (χ0n) is 13.5. The normalized spacial score (nSPS) is 21.8. The van der Waals surface area contributed by atoms with E-state index in [0.29, 0.717) is 0 Å². The molecule has 0 radical (unpaired) electrons. The first-order valence-corrected chi connectivity index (χ1v) is 9.89. The summed E-state index contributed by atoms with van der Waals surface area (Å²) in [6.45, 7) is 0. The van der Waals surface area contributed by atoms with Crippen LogP contribution >= 0.6 is 23.4 Å². The van der Waals surface area contributed by atoms with Crippen LogP contribution in [0.25, 0.3) is 0 Å². The number of para-hydroxylation sites is 1. The van der Waals surface area contributed by atoms with Gasteiger partial charge in [0.1, 0.15) is 5.75 Å². The van der Waals surface area contributed by atoms with E-state index >= 15 is 0 Å². The van der Waals surface area contributed by atoms with Crippen LogP contribution in [0, 0.1) is 0 Å². The molecule has 0 amide bonds. The fourth-order valence-corrected chi connectivity index (χ4v) is 3.90. The van der Waals surface area contributed by atoms with Gasteiger partial charge in [0.05, 0.1) is 11.8 Å². The average molecular weight is 359 g/mol. The van der Waals surface area contributed by atoms with Gasteiger partial charge in [-0.3, -0.25) is 5.01 Å². The number of fused-ring (bicyclic) bond motifs is 3. The molecule has 0 saturated carbocycles. The molecule has 5 heteroatoms. The van der Waals surface area contributed by atoms with E-state index < -0.39 is 0 Å². The number of nitrogens with zero attached hydrogens (tertiary/aromatic N) is 2. The van der Waals surface area contributed by atoms with Gasteiger partial charge in [0.15, 0.2) is 6.23 Å². The number of hydrogen-bond donors (Lipinski definition) is 0. The molecule has 2 heterocycles. The van der Waals surface area contributed by atoms with Crippen LogP contribution in [0.5, 0.6) is 5.75 Å². The molecule has 0 bridgehead atoms. The lowest BCUT2D eigenvalue weighted by Gasteiger charge is -2.38. The minimum Gasteiger partial charge on any atom is -0.469 e. The van der Waals surface area contributed by atoms with Crippen molar-refractivity contribution in [1.29, 1.82) is 0 Å². The monoisotopic (exact) mass is 358 g/mol. The second kappa shape index (κ2) is 6.69. The van der Waals surface area contributed by atoms with Crippen LogP contribution in [0.15, 0.2) is 53.6 Å². The lowest BCUT2D eigenvalue weighted by molar-refractivity contribution is -0.0180. The maximum atomic E-state index is 6.24. The summed E-state index contributed by atoms with van der Waals surface area (Å²) in [5.41, 5.74) is 3.46. The first-order valence-electron chi connectivity index (χ1n) is 8.12. The Balaban J connectivity index is 1.68. The van der Waals surface area contributed by atoms with E-state index in [1.54, 1.807) is 0 Å². The number of thioether (sulfide) groups is 1. The van der Waals surface area contributed by atoms with Gasteiger partial charge >= 0.3 is 0 Å². The maximum absolute atomic E-state index is 6.24. The summed E-state index contributed by atoms with van der Waals surface area (Å²) in [4.78, 5) is 0. The number of hydrogen-bond acceptors (Lipinski definition) is 4. The average Bonchev–Trinajstić information content (AvgIpc) is 3.06. The Kier molecular flexibility index (Phi) is 4.42. The van der Waals surface area contributed by atoms with Crippen molar-refractivity contribution >= 4 is 29.1 Å². The van der Waals surface area contributed by atoms with E-state index in [4.69, 9.17) is 21.4 Å². The number of rotatable bonds is 4. The van der Waals surface area contributed by atoms with Crippen LogP contribution in [-0.4, -0.2) is 29.0 Å². The lowest BCUT2D eigenvalue weighted by Crippen LogP contribution is -2.40. The molecule has 0 saturated heterocycles. The zero-order chi connectivity index (χ0) is 16.5. The van der Waals surface area contributed by atoms with Crippen LogP contribution in [0.2, 0.25) is 5.02 Å². The minimum atomic E-state index is 0.00199. The summed E-state index contributed by atoms with van der Waals surface area (Å²) in [5.74, 6) is 2.05. The molecule has 4 rings (SSSR count). The molecule has 2 aromatic carbocycles. The highest BCUT2D eigenvalue weighted by atomic mass is 35.5. The van der Waals surface area contributed by atoms with E-state index in [0.717, 1.165) is 40.6 Å². The molecule has 2 atom stereocenters. The molecule has 2 aliphatic rings. The van der Waals surface area contributed by atoms with E-state index in [1.165, 1.54) is 5.56 Å². The lowest BCUT2D eigenvalue weighted by atomic mass is 9.96. The third-order valence-corrected chi connectivity index (χ3v) is 5.42. The molecule has 2 aromatic rings. The Hall–Kier alpha value is -1.65. The van der Waals surface area contributed by atoms with Crippen molar-refractivity contribution < 1.29 is 4.74 Å². The third-order valence-electron chi connectivity index (χ3n) is 4.52. The highest BCUT2D eigenvalue weighted by Crippen LogP contribution is 2.43. The van der Waals surface area contributed by atoms with E-state index in [2.05, 4.69) is 29.5 Å². The topological polar surface area (TPSA) is 24.8 Å². The summed E-state index contributed by atoms with van der Waals surface area (Å²) in [6, 6.07) is 16.5. The summed E-state index contributed by atoms with van der Waals surface area (Å²) >= 11 is 7.85. The Bertz CT molecular complexity index is 762. The molecule has 0 fully saturated rings. The molecule has 0 aromatic heterocycles. The molecule has 24 heavy (non-hydrogen) atoms. The predicted molar refractivity (Wildman–Crippen MR) is 101 cm³/mol. The highest BCUT2D eigenvalue weighted by molar-refractivity contribution is 7.98. The molecule has 3 nitrogen and oxygen atoms in total. The first kappa shape index (κ1) is 15.9. The van der Waals surface area contributed by atoms with Gasteiger partial charge in [-0.2, -0.15) is 16.9 Å². The van der Waals surface area contributed by atoms with Crippen LogP contribution in [-0.2, 0) is 0 Å². The number of benzene rings is 2. The highest BCUT2D eigenvalue weighted by Gasteiger charge is 2.39. The standard InChI is InChI=1S/C19H19ClN2OS/c1-24-11-10-19-22-17(15-4-2-3-5-18(15)23-19)12-16(21-22)13-6-8-14(20)9-7-13/h2-9,17,19H,10-12H2,1H3/t17-,19+/m1/s1. The smallest absolute Gasteiger partial charge is 0.188 e. The minimum absolute atomic E-state index is 0.00199. The van der Waals surface area contributed by atoms with Gasteiger partial charge in [-0.25, -0.2) is 0 Å². The quantitative estimate of drug-likeness (QED) is 0.772. The molecular weight excluding hydrogens is 340 g/mol. The zero-order valence-corrected chi connectivity index (χ0v) is 15.1. The predicted octanol–water partition coefficient (Wildman–Crippen LogP) is 4.96. The van der Waals surface area contributed by atoms with Gasteiger partial charge in [0.2, 0.25) is 0 Å². The summed E-state index contributed by atoms with van der Waals surface area (Å²) in [7, 11) is 0. The van der Waals surface area contributed by atoms with Crippen molar-refractivity contribution in [3.63, 3.8) is 0 Å². The maximum Gasteiger partial charge on any atom is 0.188 e. The van der Waals surface area contributed by atoms with Gasteiger partial charge in [-0.05, 0) is 35.8 Å². The van der Waals surface area contributed by atoms with E-state index in [-0.39, 0.29) is 12.3 Å². The second-order valence-corrected chi connectivity index (χ2v) is 7.47. The van der Waals surface area contributed by atoms with Crippen molar-refractivity contribution in [2.45, 2.75) is 25.1 Å². The fourth-order valence-electron chi connectivity index (χ4n) is 3.34. The van der Waals surface area contributed by atoms with Crippen LogP contribution in [0.3, 0.4) is 0 Å².